The van der Waals surface area contributed by atoms with Crippen molar-refractivity contribution in [2.45, 2.75) is 51.5 Å². The largest absolute Gasteiger partial charge is 0.480 e. The summed E-state index contributed by atoms with van der Waals surface area (Å²) < 4.78 is 0. The Labute approximate surface area is 126 Å². The Kier molecular flexibility index (Phi) is 4.09. The number of carboxylic acid groups (broad SMARTS) is 1. The Balaban J connectivity index is 1.56. The van der Waals surface area contributed by atoms with Gasteiger partial charge in [0.25, 0.3) is 0 Å². The van der Waals surface area contributed by atoms with Gasteiger partial charge in [-0.3, -0.25) is 0 Å². The molecule has 0 bridgehead atoms. The SMILES string of the molecule is CC1CCCN(C(=O)NCC(C2CC2)C2CC2)C1C(=O)O. The van der Waals surface area contributed by atoms with E-state index in [4.69, 9.17) is 0 Å². The number of likely N-dealkylation sites (tertiary alicyclic amines) is 1. The third kappa shape index (κ3) is 3.33. The zero-order valence-corrected chi connectivity index (χ0v) is 12.8. The topological polar surface area (TPSA) is 69.6 Å². The fourth-order valence-corrected chi connectivity index (χ4v) is 3.87. The highest BCUT2D eigenvalue weighted by Gasteiger charge is 2.42. The van der Waals surface area contributed by atoms with Crippen molar-refractivity contribution < 1.29 is 14.7 Å². The third-order valence-corrected chi connectivity index (χ3v) is 5.39. The molecule has 1 aliphatic heterocycles. The summed E-state index contributed by atoms with van der Waals surface area (Å²) in [5.74, 6) is 1.38. The lowest BCUT2D eigenvalue weighted by molar-refractivity contribution is -0.145. The summed E-state index contributed by atoms with van der Waals surface area (Å²) in [7, 11) is 0. The molecule has 0 spiro atoms. The van der Waals surface area contributed by atoms with E-state index in [9.17, 15) is 14.7 Å². The molecule has 1 saturated heterocycles. The van der Waals surface area contributed by atoms with E-state index >= 15 is 0 Å². The maximum atomic E-state index is 12.4. The standard InChI is InChI=1S/C16H26N2O3/c1-10-3-2-8-18(14(10)15(19)20)16(21)17-9-13(11-4-5-11)12-6-7-12/h10-14H,2-9H2,1H3,(H,17,21)(H,19,20). The number of amides is 2. The van der Waals surface area contributed by atoms with Gasteiger partial charge in [0.05, 0.1) is 0 Å². The zero-order valence-electron chi connectivity index (χ0n) is 12.8. The minimum atomic E-state index is -0.877. The molecule has 3 fully saturated rings. The third-order valence-electron chi connectivity index (χ3n) is 5.39. The lowest BCUT2D eigenvalue weighted by Gasteiger charge is -2.37. The molecule has 0 aromatic carbocycles. The lowest BCUT2D eigenvalue weighted by atomic mass is 9.91. The summed E-state index contributed by atoms with van der Waals surface area (Å²) in [5.41, 5.74) is 0. The molecule has 21 heavy (non-hydrogen) atoms. The molecule has 0 radical (unpaired) electrons. The van der Waals surface area contributed by atoms with Crippen LogP contribution < -0.4 is 5.32 Å². The van der Waals surface area contributed by atoms with Crippen molar-refractivity contribution in [1.82, 2.24) is 10.2 Å². The average molecular weight is 294 g/mol. The van der Waals surface area contributed by atoms with Crippen LogP contribution in [0.15, 0.2) is 0 Å². The van der Waals surface area contributed by atoms with Crippen LogP contribution in [0.4, 0.5) is 4.79 Å². The quantitative estimate of drug-likeness (QED) is 0.817. The number of carboxylic acids is 1. The molecular formula is C16H26N2O3. The molecule has 2 atom stereocenters. The summed E-state index contributed by atoms with van der Waals surface area (Å²) in [5, 5.41) is 12.4. The monoisotopic (exact) mass is 294 g/mol. The summed E-state index contributed by atoms with van der Waals surface area (Å²) in [6, 6.07) is -0.848. The smallest absolute Gasteiger partial charge is 0.326 e. The molecular weight excluding hydrogens is 268 g/mol. The molecule has 2 aliphatic carbocycles. The van der Waals surface area contributed by atoms with Gasteiger partial charge in [0.1, 0.15) is 6.04 Å². The molecule has 3 aliphatic rings. The van der Waals surface area contributed by atoms with E-state index < -0.39 is 12.0 Å². The highest BCUT2D eigenvalue weighted by Crippen LogP contribution is 2.48. The molecule has 2 saturated carbocycles. The molecule has 1 heterocycles. The van der Waals surface area contributed by atoms with Crippen molar-refractivity contribution in [2.24, 2.45) is 23.7 Å². The van der Waals surface area contributed by atoms with Crippen LogP contribution in [0.2, 0.25) is 0 Å². The highest BCUT2D eigenvalue weighted by atomic mass is 16.4. The summed E-state index contributed by atoms with van der Waals surface area (Å²) in [6.45, 7) is 3.21. The maximum Gasteiger partial charge on any atom is 0.326 e. The molecule has 5 heteroatoms. The second-order valence-corrected chi connectivity index (χ2v) is 7.12. The first-order chi connectivity index (χ1) is 10.1. The van der Waals surface area contributed by atoms with Gasteiger partial charge in [-0.05, 0) is 62.2 Å². The average Bonchev–Trinajstić information content (AvgIpc) is 3.31. The highest BCUT2D eigenvalue weighted by molar-refractivity contribution is 5.83. The molecule has 118 valence electrons. The molecule has 0 aromatic rings. The summed E-state index contributed by atoms with van der Waals surface area (Å²) >= 11 is 0. The van der Waals surface area contributed by atoms with E-state index in [1.54, 1.807) is 0 Å². The van der Waals surface area contributed by atoms with E-state index in [0.29, 0.717) is 12.5 Å². The number of hydrogen-bond acceptors (Lipinski definition) is 2. The number of carbonyl (C=O) groups is 2. The van der Waals surface area contributed by atoms with Gasteiger partial charge in [-0.2, -0.15) is 0 Å². The van der Waals surface area contributed by atoms with Crippen LogP contribution in [0.3, 0.4) is 0 Å². The van der Waals surface area contributed by atoms with Crippen LogP contribution in [-0.2, 0) is 4.79 Å². The van der Waals surface area contributed by atoms with Gasteiger partial charge < -0.3 is 15.3 Å². The normalized spacial score (nSPS) is 29.5. The maximum absolute atomic E-state index is 12.4. The fourth-order valence-electron chi connectivity index (χ4n) is 3.87. The van der Waals surface area contributed by atoms with E-state index in [2.05, 4.69) is 5.32 Å². The van der Waals surface area contributed by atoms with Gasteiger partial charge in [-0.15, -0.1) is 0 Å². The molecule has 5 nitrogen and oxygen atoms in total. The molecule has 0 aromatic heterocycles. The number of nitrogens with one attached hydrogen (secondary N) is 1. The molecule has 2 unspecified atom stereocenters. The van der Waals surface area contributed by atoms with Gasteiger partial charge in [-0.25, -0.2) is 9.59 Å². The van der Waals surface area contributed by atoms with Gasteiger partial charge >= 0.3 is 12.0 Å². The van der Waals surface area contributed by atoms with E-state index in [-0.39, 0.29) is 11.9 Å². The number of piperidine rings is 1. The predicted octanol–water partition coefficient (Wildman–Crippen LogP) is 2.32. The second kappa shape index (κ2) is 5.85. The Morgan fingerprint density at radius 1 is 1.19 bits per heavy atom. The summed E-state index contributed by atoms with van der Waals surface area (Å²) in [4.78, 5) is 25.4. The first-order valence-corrected chi connectivity index (χ1v) is 8.35. The summed E-state index contributed by atoms with van der Waals surface area (Å²) in [6.07, 6.45) is 6.98. The lowest BCUT2D eigenvalue weighted by Crippen LogP contribution is -2.55. The Morgan fingerprint density at radius 2 is 1.81 bits per heavy atom. The van der Waals surface area contributed by atoms with Crippen molar-refractivity contribution in [1.29, 1.82) is 0 Å². The zero-order chi connectivity index (χ0) is 15.0. The molecule has 3 rings (SSSR count). The van der Waals surface area contributed by atoms with Gasteiger partial charge in [-0.1, -0.05) is 6.92 Å². The van der Waals surface area contributed by atoms with Crippen LogP contribution in [0, 0.1) is 23.7 Å². The number of nitrogens with zero attached hydrogens (tertiary/aromatic N) is 1. The number of rotatable bonds is 5. The number of hydrogen-bond donors (Lipinski definition) is 2. The minimum Gasteiger partial charge on any atom is -0.480 e. The predicted molar refractivity (Wildman–Crippen MR) is 78.9 cm³/mol. The number of aliphatic carboxylic acids is 1. The van der Waals surface area contributed by atoms with Gasteiger partial charge in [0.2, 0.25) is 0 Å². The molecule has 2 amide bonds. The Morgan fingerprint density at radius 3 is 2.33 bits per heavy atom. The van der Waals surface area contributed by atoms with Crippen molar-refractivity contribution in [3.63, 3.8) is 0 Å². The van der Waals surface area contributed by atoms with Crippen molar-refractivity contribution >= 4 is 12.0 Å². The minimum absolute atomic E-state index is 0.0321. The van der Waals surface area contributed by atoms with Crippen molar-refractivity contribution in [3.8, 4) is 0 Å². The van der Waals surface area contributed by atoms with Crippen LogP contribution in [-0.4, -0.2) is 41.1 Å². The number of urea groups is 1. The van der Waals surface area contributed by atoms with Crippen molar-refractivity contribution in [3.05, 3.63) is 0 Å². The van der Waals surface area contributed by atoms with E-state index in [0.717, 1.165) is 31.2 Å². The molecule has 2 N–H and O–H groups in total. The van der Waals surface area contributed by atoms with E-state index in [1.807, 2.05) is 6.92 Å². The van der Waals surface area contributed by atoms with Gasteiger partial charge in [0, 0.05) is 13.1 Å². The van der Waals surface area contributed by atoms with Gasteiger partial charge in [0.15, 0.2) is 0 Å². The second-order valence-electron chi connectivity index (χ2n) is 7.12. The van der Waals surface area contributed by atoms with Crippen LogP contribution in [0.25, 0.3) is 0 Å². The van der Waals surface area contributed by atoms with E-state index in [1.165, 1.54) is 30.6 Å². The Bertz CT molecular complexity index is 406. The van der Waals surface area contributed by atoms with Crippen molar-refractivity contribution in [2.75, 3.05) is 13.1 Å². The van der Waals surface area contributed by atoms with Crippen LogP contribution in [0.1, 0.15) is 45.4 Å². The van der Waals surface area contributed by atoms with Crippen LogP contribution in [0.5, 0.6) is 0 Å². The Hall–Kier alpha value is -1.26. The van der Waals surface area contributed by atoms with Crippen LogP contribution >= 0.6 is 0 Å². The number of carbonyl (C=O) groups excluding carboxylic acids is 1. The first kappa shape index (κ1) is 14.7. The first-order valence-electron chi connectivity index (χ1n) is 8.35. The fraction of sp³-hybridized carbons (Fsp3) is 0.875.